The average molecular weight is 251 g/mol. The quantitative estimate of drug-likeness (QED) is 0.667. The fraction of sp³-hybridized carbons (Fsp3) is 0.182. The van der Waals surface area contributed by atoms with Crippen molar-refractivity contribution < 1.29 is 13.8 Å². The Balaban J connectivity index is 2.16. The lowest BCUT2D eigenvalue weighted by atomic mass is 10.2. The van der Waals surface area contributed by atoms with E-state index in [4.69, 9.17) is 4.52 Å². The summed E-state index contributed by atoms with van der Waals surface area (Å²) < 4.78 is 17.9. The predicted molar refractivity (Wildman–Crippen MR) is 61.6 cm³/mol. The van der Waals surface area contributed by atoms with Gasteiger partial charge in [-0.15, -0.1) is 0 Å². The molecule has 0 spiro atoms. The van der Waals surface area contributed by atoms with Crippen LogP contribution in [0.4, 0.5) is 15.8 Å². The number of benzene rings is 1. The lowest BCUT2D eigenvalue weighted by Gasteiger charge is -2.04. The number of nitrogens with zero attached hydrogens (tertiary/aromatic N) is 2. The number of nitro groups is 1. The molecule has 2 aromatic rings. The van der Waals surface area contributed by atoms with Gasteiger partial charge in [0.1, 0.15) is 11.5 Å². The number of rotatable bonds is 4. The highest BCUT2D eigenvalue weighted by atomic mass is 19.1. The number of hydrogen-bond acceptors (Lipinski definition) is 5. The molecule has 0 amide bonds. The molecule has 0 aliphatic heterocycles. The first-order valence-corrected chi connectivity index (χ1v) is 5.16. The molecule has 0 fully saturated rings. The number of hydrogen-bond donors (Lipinski definition) is 1. The van der Waals surface area contributed by atoms with E-state index in [1.54, 1.807) is 13.0 Å². The normalized spacial score (nSPS) is 10.3. The lowest BCUT2D eigenvalue weighted by molar-refractivity contribution is -0.384. The van der Waals surface area contributed by atoms with Crippen molar-refractivity contribution in [2.45, 2.75) is 13.5 Å². The monoisotopic (exact) mass is 251 g/mol. The Morgan fingerprint density at radius 3 is 2.89 bits per heavy atom. The topological polar surface area (TPSA) is 81.2 Å². The molecular formula is C11H10FN3O3. The summed E-state index contributed by atoms with van der Waals surface area (Å²) in [4.78, 5) is 10.1. The van der Waals surface area contributed by atoms with Crippen molar-refractivity contribution in [3.63, 3.8) is 0 Å². The molecule has 1 aromatic heterocycles. The van der Waals surface area contributed by atoms with Crippen LogP contribution >= 0.6 is 0 Å². The first-order valence-electron chi connectivity index (χ1n) is 5.16. The summed E-state index contributed by atoms with van der Waals surface area (Å²) in [5, 5.41) is 17.3. The van der Waals surface area contributed by atoms with Gasteiger partial charge in [0.05, 0.1) is 23.2 Å². The van der Waals surface area contributed by atoms with E-state index in [0.29, 0.717) is 5.76 Å². The number of anilines is 1. The van der Waals surface area contributed by atoms with E-state index in [2.05, 4.69) is 10.5 Å². The molecule has 0 unspecified atom stereocenters. The summed E-state index contributed by atoms with van der Waals surface area (Å²) >= 11 is 0. The van der Waals surface area contributed by atoms with Gasteiger partial charge in [-0.25, -0.2) is 4.39 Å². The van der Waals surface area contributed by atoms with Crippen molar-refractivity contribution in [3.8, 4) is 0 Å². The standard InChI is InChI=1S/C11H10FN3O3/c1-7-4-9(18-14-7)6-13-10-3-2-8(12)5-11(10)15(16)17/h2-5,13H,6H2,1H3. The predicted octanol–water partition coefficient (Wildman–Crippen LogP) is 2.64. The van der Waals surface area contributed by atoms with E-state index < -0.39 is 10.7 Å². The lowest BCUT2D eigenvalue weighted by Crippen LogP contribution is -2.02. The molecule has 0 aliphatic carbocycles. The Morgan fingerprint density at radius 2 is 2.28 bits per heavy atom. The van der Waals surface area contributed by atoms with Gasteiger partial charge in [0.25, 0.3) is 5.69 Å². The van der Waals surface area contributed by atoms with Crippen molar-refractivity contribution in [1.29, 1.82) is 0 Å². The van der Waals surface area contributed by atoms with Gasteiger partial charge in [-0.05, 0) is 19.1 Å². The van der Waals surface area contributed by atoms with Gasteiger partial charge in [0, 0.05) is 6.07 Å². The van der Waals surface area contributed by atoms with Crippen molar-refractivity contribution >= 4 is 11.4 Å². The highest BCUT2D eigenvalue weighted by Crippen LogP contribution is 2.25. The zero-order valence-electron chi connectivity index (χ0n) is 9.51. The highest BCUT2D eigenvalue weighted by molar-refractivity contribution is 5.61. The average Bonchev–Trinajstić information content (AvgIpc) is 2.73. The summed E-state index contributed by atoms with van der Waals surface area (Å²) in [5.41, 5.74) is 0.641. The Bertz CT molecular complexity index is 583. The second-order valence-corrected chi connectivity index (χ2v) is 3.71. The van der Waals surface area contributed by atoms with Crippen LogP contribution in [0, 0.1) is 22.9 Å². The van der Waals surface area contributed by atoms with Crippen molar-refractivity contribution in [2.24, 2.45) is 0 Å². The van der Waals surface area contributed by atoms with Crippen LogP contribution in [0.1, 0.15) is 11.5 Å². The molecule has 94 valence electrons. The molecule has 6 nitrogen and oxygen atoms in total. The van der Waals surface area contributed by atoms with E-state index in [0.717, 1.165) is 17.8 Å². The van der Waals surface area contributed by atoms with Gasteiger partial charge >= 0.3 is 0 Å². The molecule has 0 saturated heterocycles. The molecule has 0 bridgehead atoms. The number of aryl methyl sites for hydroxylation is 1. The fourth-order valence-electron chi connectivity index (χ4n) is 1.49. The Labute approximate surface area is 102 Å². The minimum atomic E-state index is -0.650. The van der Waals surface area contributed by atoms with Crippen molar-refractivity contribution in [3.05, 3.63) is 51.7 Å². The van der Waals surface area contributed by atoms with Crippen molar-refractivity contribution in [2.75, 3.05) is 5.32 Å². The molecule has 0 atom stereocenters. The van der Waals surface area contributed by atoms with E-state index in [1.165, 1.54) is 6.07 Å². The van der Waals surface area contributed by atoms with Gasteiger partial charge in [0.2, 0.25) is 0 Å². The van der Waals surface area contributed by atoms with Crippen LogP contribution in [0.15, 0.2) is 28.8 Å². The van der Waals surface area contributed by atoms with Crippen LogP contribution in [0.5, 0.6) is 0 Å². The number of nitrogens with one attached hydrogen (secondary N) is 1. The summed E-state index contributed by atoms with van der Waals surface area (Å²) in [6.07, 6.45) is 0. The fourth-order valence-corrected chi connectivity index (χ4v) is 1.49. The Kier molecular flexibility index (Phi) is 3.22. The summed E-state index contributed by atoms with van der Waals surface area (Å²) in [7, 11) is 0. The van der Waals surface area contributed by atoms with Gasteiger partial charge in [-0.1, -0.05) is 5.16 Å². The maximum Gasteiger partial charge on any atom is 0.295 e. The summed E-state index contributed by atoms with van der Waals surface area (Å²) in [5.74, 6) is -0.103. The van der Waals surface area contributed by atoms with Crippen LogP contribution in [-0.4, -0.2) is 10.1 Å². The molecule has 1 N–H and O–H groups in total. The Hall–Kier alpha value is -2.44. The molecule has 18 heavy (non-hydrogen) atoms. The van der Waals surface area contributed by atoms with Crippen LogP contribution in [0.2, 0.25) is 0 Å². The van der Waals surface area contributed by atoms with E-state index in [1.807, 2.05) is 0 Å². The zero-order valence-corrected chi connectivity index (χ0v) is 9.51. The SMILES string of the molecule is Cc1cc(CNc2ccc(F)cc2[N+](=O)[O-])on1. The van der Waals surface area contributed by atoms with Gasteiger partial charge < -0.3 is 9.84 Å². The third-order valence-corrected chi connectivity index (χ3v) is 2.29. The molecule has 1 heterocycles. The van der Waals surface area contributed by atoms with Crippen LogP contribution in [0.3, 0.4) is 0 Å². The third kappa shape index (κ3) is 2.62. The van der Waals surface area contributed by atoms with Crippen LogP contribution in [0.25, 0.3) is 0 Å². The molecule has 2 rings (SSSR count). The van der Waals surface area contributed by atoms with Gasteiger partial charge in [-0.2, -0.15) is 0 Å². The Morgan fingerprint density at radius 1 is 1.50 bits per heavy atom. The summed E-state index contributed by atoms with van der Waals surface area (Å²) in [6, 6.07) is 5.05. The molecule has 1 aromatic carbocycles. The summed E-state index contributed by atoms with van der Waals surface area (Å²) in [6.45, 7) is 2.01. The van der Waals surface area contributed by atoms with Crippen LogP contribution < -0.4 is 5.32 Å². The highest BCUT2D eigenvalue weighted by Gasteiger charge is 2.15. The molecule has 0 aliphatic rings. The minimum absolute atomic E-state index is 0.232. The first-order chi connectivity index (χ1) is 8.56. The van der Waals surface area contributed by atoms with E-state index >= 15 is 0 Å². The van der Waals surface area contributed by atoms with Gasteiger partial charge in [-0.3, -0.25) is 10.1 Å². The second-order valence-electron chi connectivity index (χ2n) is 3.71. The van der Waals surface area contributed by atoms with E-state index in [-0.39, 0.29) is 17.9 Å². The first kappa shape index (κ1) is 12.0. The third-order valence-electron chi connectivity index (χ3n) is 2.29. The molecule has 7 heteroatoms. The maximum absolute atomic E-state index is 12.9. The zero-order chi connectivity index (χ0) is 13.1. The maximum atomic E-state index is 12.9. The number of aromatic nitrogens is 1. The van der Waals surface area contributed by atoms with E-state index in [9.17, 15) is 14.5 Å². The van der Waals surface area contributed by atoms with Crippen LogP contribution in [-0.2, 0) is 6.54 Å². The van der Waals surface area contributed by atoms with Gasteiger partial charge in [0.15, 0.2) is 5.76 Å². The molecule has 0 saturated carbocycles. The minimum Gasteiger partial charge on any atom is -0.372 e. The number of nitro benzene ring substituents is 1. The second kappa shape index (κ2) is 4.82. The smallest absolute Gasteiger partial charge is 0.295 e. The van der Waals surface area contributed by atoms with Crippen molar-refractivity contribution in [1.82, 2.24) is 5.16 Å². The largest absolute Gasteiger partial charge is 0.372 e. The number of halogens is 1. The molecule has 0 radical (unpaired) electrons. The molecular weight excluding hydrogens is 241 g/mol.